The molecule has 1 unspecified atom stereocenters. The third-order valence-corrected chi connectivity index (χ3v) is 2.47. The summed E-state index contributed by atoms with van der Waals surface area (Å²) < 4.78 is 10.5. The highest BCUT2D eigenvalue weighted by molar-refractivity contribution is 5.43. The average Bonchev–Trinajstić information content (AvgIpc) is 2.29. The Morgan fingerprint density at radius 1 is 1.38 bits per heavy atom. The van der Waals surface area contributed by atoms with Crippen molar-refractivity contribution in [3.63, 3.8) is 0 Å². The molecule has 1 aromatic rings. The summed E-state index contributed by atoms with van der Waals surface area (Å²) in [6.07, 6.45) is 1.34. The SMILES string of the molecule is CNC(c1cc(C)cnc1N)C(OC)OC. The molecule has 0 radical (unpaired) electrons. The van der Waals surface area contributed by atoms with E-state index in [1.165, 1.54) is 0 Å². The van der Waals surface area contributed by atoms with Crippen LogP contribution in [0.4, 0.5) is 5.82 Å². The first-order valence-electron chi connectivity index (χ1n) is 5.09. The molecule has 0 aliphatic heterocycles. The molecule has 16 heavy (non-hydrogen) atoms. The highest BCUT2D eigenvalue weighted by Gasteiger charge is 2.23. The van der Waals surface area contributed by atoms with E-state index in [4.69, 9.17) is 15.2 Å². The smallest absolute Gasteiger partial charge is 0.176 e. The summed E-state index contributed by atoms with van der Waals surface area (Å²) in [6, 6.07) is 1.84. The number of hydrogen-bond donors (Lipinski definition) is 2. The van der Waals surface area contributed by atoms with E-state index in [-0.39, 0.29) is 6.04 Å². The second-order valence-corrected chi connectivity index (χ2v) is 3.59. The molecule has 3 N–H and O–H groups in total. The molecule has 5 heteroatoms. The molecular weight excluding hydrogens is 206 g/mol. The zero-order valence-corrected chi connectivity index (χ0v) is 10.2. The number of aromatic nitrogens is 1. The van der Waals surface area contributed by atoms with Gasteiger partial charge in [0, 0.05) is 26.0 Å². The lowest BCUT2D eigenvalue weighted by Gasteiger charge is -2.25. The number of likely N-dealkylation sites (N-methyl/N-ethyl adjacent to an activating group) is 1. The number of hydrogen-bond acceptors (Lipinski definition) is 5. The molecule has 0 fully saturated rings. The lowest BCUT2D eigenvalue weighted by molar-refractivity contribution is -0.122. The monoisotopic (exact) mass is 225 g/mol. The molecule has 1 aromatic heterocycles. The predicted octanol–water partition coefficient (Wildman–Crippen LogP) is 0.852. The predicted molar refractivity (Wildman–Crippen MR) is 63.0 cm³/mol. The molecule has 0 spiro atoms. The van der Waals surface area contributed by atoms with E-state index in [0.29, 0.717) is 5.82 Å². The van der Waals surface area contributed by atoms with Gasteiger partial charge in [0.1, 0.15) is 5.82 Å². The molecule has 0 amide bonds. The summed E-state index contributed by atoms with van der Waals surface area (Å²) in [5, 5.41) is 3.12. The van der Waals surface area contributed by atoms with Crippen LogP contribution in [0.25, 0.3) is 0 Å². The zero-order chi connectivity index (χ0) is 12.1. The Morgan fingerprint density at radius 3 is 2.50 bits per heavy atom. The van der Waals surface area contributed by atoms with Crippen LogP contribution in [0.1, 0.15) is 17.2 Å². The van der Waals surface area contributed by atoms with Crippen LogP contribution in [0.15, 0.2) is 12.3 Å². The molecule has 0 bridgehead atoms. The second kappa shape index (κ2) is 5.79. The molecule has 0 aliphatic carbocycles. The van der Waals surface area contributed by atoms with Gasteiger partial charge < -0.3 is 20.5 Å². The minimum Gasteiger partial charge on any atom is -0.383 e. The Bertz CT molecular complexity index is 340. The molecule has 90 valence electrons. The molecule has 1 atom stereocenters. The topological polar surface area (TPSA) is 69.4 Å². The standard InChI is InChI=1S/C11H19N3O2/c1-7-5-8(10(12)14-6-7)9(13-2)11(15-3)16-4/h5-6,9,11,13H,1-4H3,(H2,12,14). The van der Waals surface area contributed by atoms with E-state index < -0.39 is 6.29 Å². The number of aryl methyl sites for hydroxylation is 1. The summed E-state index contributed by atoms with van der Waals surface area (Å²) in [6.45, 7) is 1.97. The third-order valence-electron chi connectivity index (χ3n) is 2.47. The van der Waals surface area contributed by atoms with Crippen molar-refractivity contribution in [2.75, 3.05) is 27.0 Å². The minimum absolute atomic E-state index is 0.137. The van der Waals surface area contributed by atoms with Gasteiger partial charge in [-0.2, -0.15) is 0 Å². The Hall–Kier alpha value is -1.17. The number of rotatable bonds is 5. The molecule has 0 saturated carbocycles. The van der Waals surface area contributed by atoms with Crippen molar-refractivity contribution in [2.24, 2.45) is 0 Å². The number of nitrogens with zero attached hydrogens (tertiary/aromatic N) is 1. The van der Waals surface area contributed by atoms with Gasteiger partial charge in [0.2, 0.25) is 0 Å². The number of ether oxygens (including phenoxy) is 2. The second-order valence-electron chi connectivity index (χ2n) is 3.59. The first-order valence-corrected chi connectivity index (χ1v) is 5.09. The lowest BCUT2D eigenvalue weighted by Crippen LogP contribution is -2.33. The summed E-state index contributed by atoms with van der Waals surface area (Å²) in [4.78, 5) is 4.13. The lowest BCUT2D eigenvalue weighted by atomic mass is 10.1. The van der Waals surface area contributed by atoms with Gasteiger partial charge in [0.15, 0.2) is 6.29 Å². The first kappa shape index (κ1) is 12.9. The number of nitrogen functional groups attached to an aromatic ring is 1. The Balaban J connectivity index is 3.06. The van der Waals surface area contributed by atoms with Gasteiger partial charge in [-0.1, -0.05) is 0 Å². The van der Waals surface area contributed by atoms with Crippen LogP contribution < -0.4 is 11.1 Å². The Kier molecular flexibility index (Phi) is 4.67. The van der Waals surface area contributed by atoms with E-state index in [2.05, 4.69) is 10.3 Å². The van der Waals surface area contributed by atoms with Crippen LogP contribution in [0.2, 0.25) is 0 Å². The molecular formula is C11H19N3O2. The van der Waals surface area contributed by atoms with Crippen molar-refractivity contribution in [2.45, 2.75) is 19.3 Å². The quantitative estimate of drug-likeness (QED) is 0.727. The fourth-order valence-electron chi connectivity index (χ4n) is 1.66. The van der Waals surface area contributed by atoms with E-state index >= 15 is 0 Å². The number of pyridine rings is 1. The van der Waals surface area contributed by atoms with Gasteiger partial charge in [-0.3, -0.25) is 0 Å². The van der Waals surface area contributed by atoms with Crippen LogP contribution in [0.3, 0.4) is 0 Å². The minimum atomic E-state index is -0.393. The molecule has 0 aliphatic rings. The number of anilines is 1. The van der Waals surface area contributed by atoms with Crippen LogP contribution in [0.5, 0.6) is 0 Å². The van der Waals surface area contributed by atoms with Crippen molar-refractivity contribution in [3.05, 3.63) is 23.4 Å². The van der Waals surface area contributed by atoms with Crippen LogP contribution in [-0.2, 0) is 9.47 Å². The fourth-order valence-corrected chi connectivity index (χ4v) is 1.66. The summed E-state index contributed by atoms with van der Waals surface area (Å²) in [5.74, 6) is 0.490. The fraction of sp³-hybridized carbons (Fsp3) is 0.545. The maximum atomic E-state index is 5.85. The highest BCUT2D eigenvalue weighted by atomic mass is 16.7. The van der Waals surface area contributed by atoms with E-state index in [9.17, 15) is 0 Å². The van der Waals surface area contributed by atoms with E-state index in [1.54, 1.807) is 20.4 Å². The van der Waals surface area contributed by atoms with Gasteiger partial charge >= 0.3 is 0 Å². The molecule has 1 heterocycles. The summed E-state index contributed by atoms with van der Waals surface area (Å²) >= 11 is 0. The summed E-state index contributed by atoms with van der Waals surface area (Å²) in [5.41, 5.74) is 7.79. The van der Waals surface area contributed by atoms with E-state index in [1.807, 2.05) is 20.0 Å². The van der Waals surface area contributed by atoms with Crippen LogP contribution in [0, 0.1) is 6.92 Å². The summed E-state index contributed by atoms with van der Waals surface area (Å²) in [7, 11) is 5.02. The van der Waals surface area contributed by atoms with Crippen LogP contribution in [-0.4, -0.2) is 32.5 Å². The Morgan fingerprint density at radius 2 is 2.00 bits per heavy atom. The molecule has 0 saturated heterocycles. The number of nitrogens with one attached hydrogen (secondary N) is 1. The maximum Gasteiger partial charge on any atom is 0.176 e. The number of nitrogens with two attached hydrogens (primary N) is 1. The van der Waals surface area contributed by atoms with Gasteiger partial charge in [-0.15, -0.1) is 0 Å². The van der Waals surface area contributed by atoms with Crippen LogP contribution >= 0.6 is 0 Å². The van der Waals surface area contributed by atoms with Gasteiger partial charge in [-0.05, 0) is 25.6 Å². The third kappa shape index (κ3) is 2.69. The molecule has 0 aromatic carbocycles. The van der Waals surface area contributed by atoms with Crippen molar-refractivity contribution in [1.82, 2.24) is 10.3 Å². The maximum absolute atomic E-state index is 5.85. The normalized spacial score (nSPS) is 13.1. The first-order chi connectivity index (χ1) is 7.63. The molecule has 1 rings (SSSR count). The van der Waals surface area contributed by atoms with Crippen molar-refractivity contribution in [3.8, 4) is 0 Å². The van der Waals surface area contributed by atoms with E-state index in [0.717, 1.165) is 11.1 Å². The van der Waals surface area contributed by atoms with Gasteiger partial charge in [0.05, 0.1) is 6.04 Å². The van der Waals surface area contributed by atoms with Gasteiger partial charge in [0.25, 0.3) is 0 Å². The van der Waals surface area contributed by atoms with Crippen molar-refractivity contribution >= 4 is 5.82 Å². The zero-order valence-electron chi connectivity index (χ0n) is 10.2. The van der Waals surface area contributed by atoms with Crippen molar-refractivity contribution in [1.29, 1.82) is 0 Å². The largest absolute Gasteiger partial charge is 0.383 e. The Labute approximate surface area is 96.0 Å². The molecule has 5 nitrogen and oxygen atoms in total. The van der Waals surface area contributed by atoms with Crippen molar-refractivity contribution < 1.29 is 9.47 Å². The highest BCUT2D eigenvalue weighted by Crippen LogP contribution is 2.24. The average molecular weight is 225 g/mol. The van der Waals surface area contributed by atoms with Gasteiger partial charge in [-0.25, -0.2) is 4.98 Å². The number of methoxy groups -OCH3 is 2.